The zero-order valence-electron chi connectivity index (χ0n) is 24.1. The van der Waals surface area contributed by atoms with Gasteiger partial charge in [0.05, 0.1) is 17.1 Å². The monoisotopic (exact) mass is 543 g/mol. The number of hydrogen-bond donors (Lipinski definition) is 2. The Kier molecular flexibility index (Phi) is 11.6. The Morgan fingerprint density at radius 2 is 1.90 bits per heavy atom. The first-order valence-electron chi connectivity index (χ1n) is 13.7. The lowest BCUT2D eigenvalue weighted by Gasteiger charge is -2.14. The normalized spacial score (nSPS) is 10.9. The molecule has 3 heterocycles. The SMILES string of the molecule is C=NN(/C=C\C)CCNc1ncc(C)c(-c2cc3cccc(-c4cc(C)ncc4CNCCC)c3s2)n1.CC. The highest BCUT2D eigenvalue weighted by atomic mass is 32.1. The molecule has 0 radical (unpaired) electrons. The van der Waals surface area contributed by atoms with Crippen LogP contribution in [0.2, 0.25) is 0 Å². The molecule has 2 N–H and O–H groups in total. The summed E-state index contributed by atoms with van der Waals surface area (Å²) in [5, 5.41) is 13.8. The number of thiophene rings is 1. The second-order valence-electron chi connectivity index (χ2n) is 8.93. The average Bonchev–Trinajstić information content (AvgIpc) is 3.40. The minimum atomic E-state index is 0.608. The van der Waals surface area contributed by atoms with Crippen LogP contribution in [0, 0.1) is 13.8 Å². The molecule has 0 unspecified atom stereocenters. The molecule has 8 heteroatoms. The van der Waals surface area contributed by atoms with Gasteiger partial charge in [-0.25, -0.2) is 9.97 Å². The molecule has 4 aromatic rings. The van der Waals surface area contributed by atoms with E-state index in [1.165, 1.54) is 26.8 Å². The van der Waals surface area contributed by atoms with Crippen LogP contribution in [-0.2, 0) is 6.54 Å². The lowest BCUT2D eigenvalue weighted by atomic mass is 9.99. The number of aromatic nitrogens is 3. The van der Waals surface area contributed by atoms with Crippen LogP contribution in [0.15, 0.2) is 60.1 Å². The number of nitrogens with one attached hydrogen (secondary N) is 2. The zero-order chi connectivity index (χ0) is 28.2. The van der Waals surface area contributed by atoms with Crippen molar-refractivity contribution in [1.29, 1.82) is 0 Å². The summed E-state index contributed by atoms with van der Waals surface area (Å²) in [6.45, 7) is 19.0. The van der Waals surface area contributed by atoms with Crippen molar-refractivity contribution in [2.24, 2.45) is 5.10 Å². The summed E-state index contributed by atoms with van der Waals surface area (Å²) in [7, 11) is 0. The molecule has 7 nitrogen and oxygen atoms in total. The number of hydrazone groups is 1. The Labute approximate surface area is 237 Å². The van der Waals surface area contributed by atoms with Gasteiger partial charge in [0.1, 0.15) is 0 Å². The summed E-state index contributed by atoms with van der Waals surface area (Å²) in [4.78, 5) is 15.1. The summed E-state index contributed by atoms with van der Waals surface area (Å²) >= 11 is 1.78. The van der Waals surface area contributed by atoms with Gasteiger partial charge in [0, 0.05) is 48.8 Å². The maximum atomic E-state index is 4.88. The Morgan fingerprint density at radius 1 is 1.08 bits per heavy atom. The molecule has 0 atom stereocenters. The number of aryl methyl sites for hydroxylation is 2. The van der Waals surface area contributed by atoms with Crippen molar-refractivity contribution in [3.8, 4) is 21.7 Å². The molecule has 0 spiro atoms. The van der Waals surface area contributed by atoms with Crippen molar-refractivity contribution in [3.63, 3.8) is 0 Å². The molecule has 4 rings (SSSR count). The van der Waals surface area contributed by atoms with Crippen molar-refractivity contribution in [3.05, 3.63) is 71.8 Å². The Bertz CT molecular complexity index is 1390. The smallest absolute Gasteiger partial charge is 0.223 e. The van der Waals surface area contributed by atoms with Gasteiger partial charge in [0.15, 0.2) is 0 Å². The third-order valence-corrected chi connectivity index (χ3v) is 7.22. The van der Waals surface area contributed by atoms with Crippen molar-refractivity contribution >= 4 is 34.1 Å². The van der Waals surface area contributed by atoms with Gasteiger partial charge < -0.3 is 10.6 Å². The minimum Gasteiger partial charge on any atom is -0.352 e. The first-order chi connectivity index (χ1) is 19.0. The van der Waals surface area contributed by atoms with Gasteiger partial charge in [-0.1, -0.05) is 45.0 Å². The van der Waals surface area contributed by atoms with Gasteiger partial charge in [-0.15, -0.1) is 11.3 Å². The topological polar surface area (TPSA) is 78.3 Å². The van der Waals surface area contributed by atoms with E-state index in [1.807, 2.05) is 52.4 Å². The third-order valence-electron chi connectivity index (χ3n) is 6.03. The Morgan fingerprint density at radius 3 is 2.64 bits per heavy atom. The molecule has 0 aliphatic heterocycles. The van der Waals surface area contributed by atoms with E-state index in [9.17, 15) is 0 Å². The van der Waals surface area contributed by atoms with Gasteiger partial charge in [-0.05, 0) is 73.5 Å². The number of hydrogen-bond acceptors (Lipinski definition) is 8. The maximum Gasteiger partial charge on any atom is 0.223 e. The second kappa shape index (κ2) is 15.1. The van der Waals surface area contributed by atoms with Gasteiger partial charge in [-0.2, -0.15) is 5.10 Å². The number of nitrogens with zero attached hydrogens (tertiary/aromatic N) is 5. The number of anilines is 1. The highest BCUT2D eigenvalue weighted by Gasteiger charge is 2.15. The van der Waals surface area contributed by atoms with Crippen LogP contribution < -0.4 is 10.6 Å². The highest BCUT2D eigenvalue weighted by molar-refractivity contribution is 7.22. The van der Waals surface area contributed by atoms with Crippen molar-refractivity contribution in [2.45, 2.75) is 54.5 Å². The fourth-order valence-electron chi connectivity index (χ4n) is 4.19. The van der Waals surface area contributed by atoms with Crippen LogP contribution in [0.3, 0.4) is 0 Å². The van der Waals surface area contributed by atoms with Crippen molar-refractivity contribution in [2.75, 3.05) is 25.0 Å². The molecule has 0 aliphatic carbocycles. The predicted molar refractivity (Wildman–Crippen MR) is 168 cm³/mol. The quantitative estimate of drug-likeness (QED) is 0.110. The summed E-state index contributed by atoms with van der Waals surface area (Å²) in [5.41, 5.74) is 6.70. The molecule has 0 aliphatic rings. The van der Waals surface area contributed by atoms with E-state index in [1.54, 1.807) is 16.3 Å². The third kappa shape index (κ3) is 7.71. The molecule has 206 valence electrons. The highest BCUT2D eigenvalue weighted by Crippen LogP contribution is 2.40. The zero-order valence-corrected chi connectivity index (χ0v) is 24.9. The number of fused-ring (bicyclic) bond motifs is 1. The summed E-state index contributed by atoms with van der Waals surface area (Å²) in [6, 6.07) is 11.0. The van der Waals surface area contributed by atoms with E-state index < -0.39 is 0 Å². The first-order valence-corrected chi connectivity index (χ1v) is 14.5. The average molecular weight is 544 g/mol. The molecule has 39 heavy (non-hydrogen) atoms. The van der Waals surface area contributed by atoms with Crippen LogP contribution >= 0.6 is 11.3 Å². The lowest BCUT2D eigenvalue weighted by molar-refractivity contribution is 0.417. The predicted octanol–water partition coefficient (Wildman–Crippen LogP) is 7.43. The van der Waals surface area contributed by atoms with Crippen LogP contribution in [0.4, 0.5) is 5.95 Å². The van der Waals surface area contributed by atoms with E-state index in [2.05, 4.69) is 76.6 Å². The molecule has 0 bridgehead atoms. The second-order valence-corrected chi connectivity index (χ2v) is 9.99. The minimum absolute atomic E-state index is 0.608. The molecule has 0 saturated heterocycles. The van der Waals surface area contributed by atoms with Gasteiger partial charge in [0.2, 0.25) is 5.95 Å². The van der Waals surface area contributed by atoms with E-state index in [4.69, 9.17) is 4.98 Å². The van der Waals surface area contributed by atoms with Gasteiger partial charge >= 0.3 is 0 Å². The van der Waals surface area contributed by atoms with Crippen LogP contribution in [0.1, 0.15) is 50.9 Å². The number of benzene rings is 1. The number of rotatable bonds is 12. The summed E-state index contributed by atoms with van der Waals surface area (Å²) in [5.74, 6) is 0.608. The largest absolute Gasteiger partial charge is 0.352 e. The molecular formula is C31H41N7S. The number of pyridine rings is 1. The fraction of sp³-hybridized carbons (Fsp3) is 0.355. The Hall–Kier alpha value is -3.62. The molecule has 0 amide bonds. The molecular weight excluding hydrogens is 502 g/mol. The summed E-state index contributed by atoms with van der Waals surface area (Å²) in [6.07, 6.45) is 8.82. The van der Waals surface area contributed by atoms with Crippen LogP contribution in [-0.4, -0.2) is 46.3 Å². The molecule has 1 aromatic carbocycles. The first kappa shape index (κ1) is 29.9. The van der Waals surface area contributed by atoms with E-state index in [0.29, 0.717) is 19.0 Å². The lowest BCUT2D eigenvalue weighted by Crippen LogP contribution is -2.20. The molecule has 0 saturated carbocycles. The van der Waals surface area contributed by atoms with E-state index in [-0.39, 0.29) is 0 Å². The molecule has 0 fully saturated rings. The van der Waals surface area contributed by atoms with Crippen molar-refractivity contribution in [1.82, 2.24) is 25.3 Å². The van der Waals surface area contributed by atoms with Crippen LogP contribution in [0.25, 0.3) is 31.8 Å². The van der Waals surface area contributed by atoms with E-state index in [0.717, 1.165) is 41.3 Å². The standard InChI is InChI=1S/C29H35N7S.C2H6/c1-6-11-31-18-23-19-33-21(4)15-25(23)24-10-8-9-22-16-26(37-28(22)24)27-20(3)17-34-29(35-27)32-12-14-36(30-5)13-7-2;1-2/h7-10,13,15-17,19,31H,5-6,11-12,14,18H2,1-4H3,(H,32,34,35);1-2H3/b13-7-;. The molecule has 3 aromatic heterocycles. The Balaban J connectivity index is 0.00000205. The summed E-state index contributed by atoms with van der Waals surface area (Å²) < 4.78 is 1.26. The van der Waals surface area contributed by atoms with Gasteiger partial charge in [-0.3, -0.25) is 9.99 Å². The van der Waals surface area contributed by atoms with E-state index >= 15 is 0 Å². The number of allylic oxidation sites excluding steroid dienone is 1. The van der Waals surface area contributed by atoms with Crippen molar-refractivity contribution < 1.29 is 0 Å². The maximum absolute atomic E-state index is 4.88. The fourth-order valence-corrected chi connectivity index (χ4v) is 5.44. The van der Waals surface area contributed by atoms with Gasteiger partial charge in [0.25, 0.3) is 0 Å². The van der Waals surface area contributed by atoms with Crippen LogP contribution in [0.5, 0.6) is 0 Å².